The largest absolute Gasteiger partial charge is 0.494 e. The molecule has 2 aliphatic rings. The van der Waals surface area contributed by atoms with Crippen molar-refractivity contribution in [1.82, 2.24) is 0 Å². The molecule has 2 fully saturated rings. The van der Waals surface area contributed by atoms with Gasteiger partial charge < -0.3 is 19.2 Å². The van der Waals surface area contributed by atoms with E-state index < -0.39 is 0 Å². The number of aliphatic hydroxyl groups is 1. The molecule has 5 heteroatoms. The standard InChI is InChI=1S/C17H25BO4/c1-15(2)16(3,4)22-18(21-15)14-7-5-13(6-8-14)17(11-19)9-10-20-12-17/h5-8,19H,9-12H2,1-4H3. The van der Waals surface area contributed by atoms with Crippen LogP contribution in [0, 0.1) is 0 Å². The first-order valence-corrected chi connectivity index (χ1v) is 7.94. The highest BCUT2D eigenvalue weighted by atomic mass is 16.7. The van der Waals surface area contributed by atoms with E-state index in [2.05, 4.69) is 39.8 Å². The number of hydrogen-bond donors (Lipinski definition) is 1. The van der Waals surface area contributed by atoms with Crippen LogP contribution in [0.5, 0.6) is 0 Å². The molecule has 0 bridgehead atoms. The van der Waals surface area contributed by atoms with E-state index in [1.807, 2.05) is 12.1 Å². The first-order chi connectivity index (χ1) is 10.3. The normalized spacial score (nSPS) is 30.0. The summed E-state index contributed by atoms with van der Waals surface area (Å²) in [7, 11) is -0.344. The fourth-order valence-corrected chi connectivity index (χ4v) is 3.02. The lowest BCUT2D eigenvalue weighted by atomic mass is 9.75. The molecule has 0 radical (unpaired) electrons. The third-order valence-corrected chi connectivity index (χ3v) is 5.45. The molecule has 0 aliphatic carbocycles. The van der Waals surface area contributed by atoms with Gasteiger partial charge in [-0.1, -0.05) is 24.3 Å². The van der Waals surface area contributed by atoms with Crippen LogP contribution in [0.15, 0.2) is 24.3 Å². The number of rotatable bonds is 3. The maximum absolute atomic E-state index is 9.76. The molecule has 0 spiro atoms. The van der Waals surface area contributed by atoms with E-state index in [1.165, 1.54) is 0 Å². The fourth-order valence-electron chi connectivity index (χ4n) is 3.02. The third-order valence-electron chi connectivity index (χ3n) is 5.45. The van der Waals surface area contributed by atoms with Gasteiger partial charge in [0.25, 0.3) is 0 Å². The van der Waals surface area contributed by atoms with Gasteiger partial charge in [0.1, 0.15) is 0 Å². The number of hydrogen-bond acceptors (Lipinski definition) is 4. The molecule has 1 atom stereocenters. The third kappa shape index (κ3) is 2.50. The molecular weight excluding hydrogens is 279 g/mol. The molecular formula is C17H25BO4. The Hall–Kier alpha value is -0.875. The lowest BCUT2D eigenvalue weighted by molar-refractivity contribution is 0.00578. The van der Waals surface area contributed by atoms with E-state index >= 15 is 0 Å². The van der Waals surface area contributed by atoms with Crippen molar-refractivity contribution in [3.8, 4) is 0 Å². The lowest BCUT2D eigenvalue weighted by Crippen LogP contribution is -2.41. The van der Waals surface area contributed by atoms with Gasteiger partial charge in [-0.25, -0.2) is 0 Å². The molecule has 4 nitrogen and oxygen atoms in total. The molecule has 22 heavy (non-hydrogen) atoms. The van der Waals surface area contributed by atoms with E-state index in [0.717, 1.165) is 17.4 Å². The van der Waals surface area contributed by atoms with E-state index in [0.29, 0.717) is 13.2 Å². The molecule has 1 aromatic rings. The van der Waals surface area contributed by atoms with E-state index in [9.17, 15) is 5.11 Å². The number of ether oxygens (including phenoxy) is 1. The average molecular weight is 304 g/mol. The van der Waals surface area contributed by atoms with Crippen LogP contribution in [0.2, 0.25) is 0 Å². The summed E-state index contributed by atoms with van der Waals surface area (Å²) in [6.07, 6.45) is 0.860. The summed E-state index contributed by atoms with van der Waals surface area (Å²) in [6.45, 7) is 9.62. The van der Waals surface area contributed by atoms with Crippen LogP contribution in [-0.2, 0) is 19.5 Å². The molecule has 120 valence electrons. The molecule has 0 aromatic heterocycles. The van der Waals surface area contributed by atoms with E-state index in [4.69, 9.17) is 14.0 Å². The second kappa shape index (κ2) is 5.34. The topological polar surface area (TPSA) is 47.9 Å². The number of aliphatic hydroxyl groups excluding tert-OH is 1. The number of benzene rings is 1. The van der Waals surface area contributed by atoms with Crippen LogP contribution in [0.25, 0.3) is 0 Å². The minimum Gasteiger partial charge on any atom is -0.399 e. The molecule has 2 saturated heterocycles. The molecule has 2 aliphatic heterocycles. The van der Waals surface area contributed by atoms with Crippen LogP contribution in [0.3, 0.4) is 0 Å². The second-order valence-corrected chi connectivity index (χ2v) is 7.45. The first-order valence-electron chi connectivity index (χ1n) is 7.94. The Morgan fingerprint density at radius 2 is 1.64 bits per heavy atom. The zero-order valence-corrected chi connectivity index (χ0v) is 13.9. The predicted molar refractivity (Wildman–Crippen MR) is 86.4 cm³/mol. The molecule has 1 unspecified atom stereocenters. The minimum absolute atomic E-state index is 0.114. The van der Waals surface area contributed by atoms with Gasteiger partial charge in [0.05, 0.1) is 24.4 Å². The monoisotopic (exact) mass is 304 g/mol. The first kappa shape index (κ1) is 16.0. The van der Waals surface area contributed by atoms with Gasteiger partial charge in [0.15, 0.2) is 0 Å². The molecule has 0 saturated carbocycles. The second-order valence-electron chi connectivity index (χ2n) is 7.45. The van der Waals surface area contributed by atoms with Crippen molar-refractivity contribution < 1.29 is 19.2 Å². The minimum atomic E-state index is -0.344. The van der Waals surface area contributed by atoms with Gasteiger partial charge in [0.2, 0.25) is 0 Å². The van der Waals surface area contributed by atoms with Crippen LogP contribution in [0.1, 0.15) is 39.7 Å². The van der Waals surface area contributed by atoms with Crippen LogP contribution in [0.4, 0.5) is 0 Å². The van der Waals surface area contributed by atoms with Gasteiger partial charge in [-0.3, -0.25) is 0 Å². The van der Waals surface area contributed by atoms with E-state index in [1.54, 1.807) is 0 Å². The van der Waals surface area contributed by atoms with Crippen molar-refractivity contribution in [3.63, 3.8) is 0 Å². The summed E-state index contributed by atoms with van der Waals surface area (Å²) in [6, 6.07) is 8.19. The summed E-state index contributed by atoms with van der Waals surface area (Å²) < 4.78 is 17.6. The van der Waals surface area contributed by atoms with Gasteiger partial charge in [-0.15, -0.1) is 0 Å². The maximum atomic E-state index is 9.76. The van der Waals surface area contributed by atoms with Crippen molar-refractivity contribution in [2.24, 2.45) is 0 Å². The van der Waals surface area contributed by atoms with Gasteiger partial charge in [-0.05, 0) is 45.1 Å². The van der Waals surface area contributed by atoms with Crippen molar-refractivity contribution in [2.75, 3.05) is 19.8 Å². The quantitative estimate of drug-likeness (QED) is 0.863. The molecule has 2 heterocycles. The van der Waals surface area contributed by atoms with Crippen molar-refractivity contribution in [1.29, 1.82) is 0 Å². The maximum Gasteiger partial charge on any atom is 0.494 e. The molecule has 3 rings (SSSR count). The van der Waals surface area contributed by atoms with Crippen molar-refractivity contribution in [2.45, 2.75) is 50.7 Å². The summed E-state index contributed by atoms with van der Waals surface area (Å²) in [5.74, 6) is 0. The highest BCUT2D eigenvalue weighted by Crippen LogP contribution is 2.37. The highest BCUT2D eigenvalue weighted by Gasteiger charge is 2.51. The Morgan fingerprint density at radius 3 is 2.09 bits per heavy atom. The zero-order valence-electron chi connectivity index (χ0n) is 13.9. The van der Waals surface area contributed by atoms with Gasteiger partial charge in [0, 0.05) is 12.0 Å². The van der Waals surface area contributed by atoms with E-state index in [-0.39, 0.29) is 30.3 Å². The zero-order chi connectivity index (χ0) is 16.0. The smallest absolute Gasteiger partial charge is 0.399 e. The summed E-state index contributed by atoms with van der Waals surface area (Å²) >= 11 is 0. The van der Waals surface area contributed by atoms with Gasteiger partial charge >= 0.3 is 7.12 Å². The van der Waals surface area contributed by atoms with Crippen molar-refractivity contribution >= 4 is 12.6 Å². The van der Waals surface area contributed by atoms with Crippen LogP contribution in [-0.4, -0.2) is 43.2 Å². The Labute approximate surface area is 132 Å². The lowest BCUT2D eigenvalue weighted by Gasteiger charge is -2.32. The SMILES string of the molecule is CC1(C)OB(c2ccc(C3(CO)CCOC3)cc2)OC1(C)C. The summed E-state index contributed by atoms with van der Waals surface area (Å²) in [4.78, 5) is 0. The Morgan fingerprint density at radius 1 is 1.05 bits per heavy atom. The van der Waals surface area contributed by atoms with Crippen LogP contribution < -0.4 is 5.46 Å². The van der Waals surface area contributed by atoms with Crippen molar-refractivity contribution in [3.05, 3.63) is 29.8 Å². The summed E-state index contributed by atoms with van der Waals surface area (Å²) in [5, 5.41) is 9.76. The van der Waals surface area contributed by atoms with Crippen LogP contribution >= 0.6 is 0 Å². The molecule has 1 N–H and O–H groups in total. The Balaban J connectivity index is 1.81. The highest BCUT2D eigenvalue weighted by molar-refractivity contribution is 6.62. The Bertz CT molecular complexity index is 516. The molecule has 1 aromatic carbocycles. The predicted octanol–water partition coefficient (Wildman–Crippen LogP) is 1.64. The molecule has 0 amide bonds. The average Bonchev–Trinajstić information content (AvgIpc) is 3.03. The van der Waals surface area contributed by atoms with Gasteiger partial charge in [-0.2, -0.15) is 0 Å². The Kier molecular flexibility index (Phi) is 3.88. The fraction of sp³-hybridized carbons (Fsp3) is 0.647. The summed E-state index contributed by atoms with van der Waals surface area (Å²) in [5.41, 5.74) is 1.21.